The number of nitrogens with zero attached hydrogens (tertiary/aromatic N) is 3. The zero-order valence-electron chi connectivity index (χ0n) is 18.0. The molecule has 0 aliphatic carbocycles. The summed E-state index contributed by atoms with van der Waals surface area (Å²) in [4.78, 5) is 14.0. The number of alkyl halides is 2. The first-order valence-electron chi connectivity index (χ1n) is 10.9. The number of aromatic nitrogens is 3. The molecular formula is C23H29F2N7. The fourth-order valence-corrected chi connectivity index (χ4v) is 3.83. The Labute approximate surface area is 186 Å². The van der Waals surface area contributed by atoms with Crippen LogP contribution in [0.2, 0.25) is 0 Å². The highest BCUT2D eigenvalue weighted by molar-refractivity contribution is 5.92. The Morgan fingerprint density at radius 3 is 2.56 bits per heavy atom. The minimum absolute atomic E-state index is 0.147. The Bertz CT molecular complexity index is 1020. The molecule has 1 saturated heterocycles. The van der Waals surface area contributed by atoms with Crippen molar-refractivity contribution in [2.24, 2.45) is 0 Å². The summed E-state index contributed by atoms with van der Waals surface area (Å²) in [6.45, 7) is 7.64. The van der Waals surface area contributed by atoms with Crippen molar-refractivity contribution >= 4 is 22.5 Å². The summed E-state index contributed by atoms with van der Waals surface area (Å²) < 4.78 is 27.1. The third-order valence-electron chi connectivity index (χ3n) is 5.62. The lowest BCUT2D eigenvalue weighted by Gasteiger charge is -2.32. The molecule has 0 radical (unpaired) electrons. The largest absolute Gasteiger partial charge is 0.390 e. The molecule has 0 bridgehead atoms. The van der Waals surface area contributed by atoms with E-state index in [1.807, 2.05) is 35.2 Å². The Hall–Kier alpha value is -3.20. The van der Waals surface area contributed by atoms with Gasteiger partial charge in [-0.1, -0.05) is 18.7 Å². The number of fused-ring (bicyclic) bond motifs is 1. The molecule has 7 nitrogen and oxygen atoms in total. The van der Waals surface area contributed by atoms with Crippen LogP contribution in [0.15, 0.2) is 49.4 Å². The van der Waals surface area contributed by atoms with Crippen LogP contribution in [-0.4, -0.2) is 60.1 Å². The van der Waals surface area contributed by atoms with Crippen LogP contribution >= 0.6 is 0 Å². The lowest BCUT2D eigenvalue weighted by molar-refractivity contribution is -0.0221. The van der Waals surface area contributed by atoms with Gasteiger partial charge in [-0.2, -0.15) is 0 Å². The maximum Gasteiger partial charge on any atom is 0.251 e. The van der Waals surface area contributed by atoms with Crippen molar-refractivity contribution in [2.45, 2.75) is 18.8 Å². The van der Waals surface area contributed by atoms with Crippen molar-refractivity contribution in [1.82, 2.24) is 25.6 Å². The van der Waals surface area contributed by atoms with Crippen LogP contribution in [0.4, 0.5) is 20.3 Å². The monoisotopic (exact) mass is 441 g/mol. The molecular weight excluding hydrogens is 412 g/mol. The first-order valence-corrected chi connectivity index (χ1v) is 10.9. The van der Waals surface area contributed by atoms with Crippen LogP contribution in [-0.2, 0) is 0 Å². The zero-order chi connectivity index (χ0) is 22.4. The van der Waals surface area contributed by atoms with Gasteiger partial charge in [0.15, 0.2) is 0 Å². The summed E-state index contributed by atoms with van der Waals surface area (Å²) >= 11 is 0. The van der Waals surface area contributed by atoms with Gasteiger partial charge in [-0.3, -0.25) is 0 Å². The summed E-state index contributed by atoms with van der Waals surface area (Å²) in [5.74, 6) is -1.87. The van der Waals surface area contributed by atoms with Crippen molar-refractivity contribution in [1.29, 1.82) is 0 Å². The fraction of sp³-hybridized carbons (Fsp3) is 0.391. The van der Waals surface area contributed by atoms with E-state index in [-0.39, 0.29) is 12.8 Å². The van der Waals surface area contributed by atoms with Gasteiger partial charge >= 0.3 is 0 Å². The second-order valence-electron chi connectivity index (χ2n) is 7.90. The number of rotatable bonds is 10. The highest BCUT2D eigenvalue weighted by Crippen LogP contribution is 2.34. The predicted octanol–water partition coefficient (Wildman–Crippen LogP) is 3.60. The number of benzene rings is 1. The molecule has 32 heavy (non-hydrogen) atoms. The van der Waals surface area contributed by atoms with Gasteiger partial charge in [0.05, 0.1) is 5.39 Å². The molecule has 170 valence electrons. The van der Waals surface area contributed by atoms with Crippen molar-refractivity contribution in [3.05, 3.63) is 49.4 Å². The maximum absolute atomic E-state index is 13.5. The molecule has 1 fully saturated rings. The second-order valence-corrected chi connectivity index (χ2v) is 7.90. The molecule has 3 heterocycles. The highest BCUT2D eigenvalue weighted by Gasteiger charge is 2.34. The normalized spacial score (nSPS) is 15.6. The lowest BCUT2D eigenvalue weighted by atomic mass is 10.1. The van der Waals surface area contributed by atoms with E-state index in [4.69, 9.17) is 0 Å². The molecule has 0 unspecified atom stereocenters. The Balaban J connectivity index is 1.39. The van der Waals surface area contributed by atoms with Crippen molar-refractivity contribution in [2.75, 3.05) is 49.5 Å². The van der Waals surface area contributed by atoms with Crippen LogP contribution in [0, 0.1) is 0 Å². The molecule has 1 aromatic carbocycles. The Morgan fingerprint density at radius 2 is 1.81 bits per heavy atom. The third kappa shape index (κ3) is 5.34. The number of nitrogens with one attached hydrogen (secondary N) is 4. The lowest BCUT2D eigenvalue weighted by Crippen LogP contribution is -2.39. The summed E-state index contributed by atoms with van der Waals surface area (Å²) in [6.07, 6.45) is 2.88. The van der Waals surface area contributed by atoms with Gasteiger partial charge in [0.1, 0.15) is 17.8 Å². The van der Waals surface area contributed by atoms with Gasteiger partial charge in [0.25, 0.3) is 5.92 Å². The molecule has 1 aliphatic heterocycles. The van der Waals surface area contributed by atoms with Crippen LogP contribution in [0.1, 0.15) is 12.8 Å². The van der Waals surface area contributed by atoms with E-state index in [1.54, 1.807) is 6.20 Å². The molecule has 2 aromatic heterocycles. The smallest absolute Gasteiger partial charge is 0.251 e. The van der Waals surface area contributed by atoms with E-state index >= 15 is 0 Å². The Kier molecular flexibility index (Phi) is 6.84. The molecule has 0 spiro atoms. The Morgan fingerprint density at radius 1 is 1.06 bits per heavy atom. The van der Waals surface area contributed by atoms with E-state index in [2.05, 4.69) is 37.5 Å². The average Bonchev–Trinajstić information content (AvgIpc) is 3.24. The first kappa shape index (κ1) is 22.0. The standard InChI is InChI=1S/C23H29F2N7/c1-2-26-9-10-27-11-12-28-18-5-3-17(4-6-18)20-15-19-21(31-20)29-16-30-22(19)32-13-7-23(24,25)8-14-32/h2-6,15-16,26-28H,1,7-14H2,(H,29,30,31). The number of hydrogen-bond acceptors (Lipinski definition) is 6. The summed E-state index contributed by atoms with van der Waals surface area (Å²) in [5.41, 5.74) is 3.71. The molecule has 4 rings (SSSR count). The average molecular weight is 442 g/mol. The van der Waals surface area contributed by atoms with Crippen LogP contribution in [0.25, 0.3) is 22.3 Å². The van der Waals surface area contributed by atoms with Crippen molar-refractivity contribution < 1.29 is 8.78 Å². The van der Waals surface area contributed by atoms with Gasteiger partial charge in [-0.15, -0.1) is 0 Å². The fourth-order valence-electron chi connectivity index (χ4n) is 3.83. The number of H-pyrrole nitrogens is 1. The van der Waals surface area contributed by atoms with E-state index < -0.39 is 5.92 Å². The summed E-state index contributed by atoms with van der Waals surface area (Å²) in [7, 11) is 0. The van der Waals surface area contributed by atoms with Crippen LogP contribution < -0.4 is 20.9 Å². The van der Waals surface area contributed by atoms with E-state index in [0.29, 0.717) is 24.6 Å². The highest BCUT2D eigenvalue weighted by atomic mass is 19.3. The predicted molar refractivity (Wildman–Crippen MR) is 125 cm³/mol. The topological polar surface area (TPSA) is 80.9 Å². The molecule has 4 N–H and O–H groups in total. The van der Waals surface area contributed by atoms with Crippen LogP contribution in [0.5, 0.6) is 0 Å². The van der Waals surface area contributed by atoms with Crippen molar-refractivity contribution in [3.8, 4) is 11.3 Å². The second kappa shape index (κ2) is 9.95. The van der Waals surface area contributed by atoms with E-state index in [1.165, 1.54) is 6.33 Å². The quantitative estimate of drug-likeness (QED) is 0.360. The van der Waals surface area contributed by atoms with Gasteiger partial charge in [0.2, 0.25) is 0 Å². The number of anilines is 2. The van der Waals surface area contributed by atoms with Crippen LogP contribution in [0.3, 0.4) is 0 Å². The summed E-state index contributed by atoms with van der Waals surface area (Å²) in [5, 5.41) is 10.6. The first-order chi connectivity index (χ1) is 15.6. The van der Waals surface area contributed by atoms with Gasteiger partial charge in [-0.25, -0.2) is 18.7 Å². The molecule has 0 atom stereocenters. The number of hydrogen-bond donors (Lipinski definition) is 4. The molecule has 0 saturated carbocycles. The molecule has 1 aliphatic rings. The number of piperidine rings is 1. The number of halogens is 2. The third-order valence-corrected chi connectivity index (χ3v) is 5.62. The molecule has 9 heteroatoms. The van der Waals surface area contributed by atoms with E-state index in [9.17, 15) is 8.78 Å². The maximum atomic E-state index is 13.5. The summed E-state index contributed by atoms with van der Waals surface area (Å²) in [6, 6.07) is 10.2. The SMILES string of the molecule is C=CNCCNCCNc1ccc(-c2cc3c(N4CCC(F)(F)CC4)ncnc3[nH]2)cc1. The minimum atomic E-state index is -2.58. The van der Waals surface area contributed by atoms with Gasteiger partial charge in [-0.05, 0) is 30.0 Å². The van der Waals surface area contributed by atoms with Gasteiger partial charge < -0.3 is 25.8 Å². The number of aromatic amines is 1. The van der Waals surface area contributed by atoms with E-state index in [0.717, 1.165) is 48.5 Å². The minimum Gasteiger partial charge on any atom is -0.390 e. The van der Waals surface area contributed by atoms with Gasteiger partial charge in [0, 0.05) is 63.5 Å². The molecule has 0 amide bonds. The zero-order valence-corrected chi connectivity index (χ0v) is 18.0. The molecule has 3 aromatic rings. The van der Waals surface area contributed by atoms with Crippen molar-refractivity contribution in [3.63, 3.8) is 0 Å².